The number of nitrogens with zero attached hydrogens (tertiary/aromatic N) is 1. The molecule has 0 saturated carbocycles. The fourth-order valence-electron chi connectivity index (χ4n) is 4.17. The quantitative estimate of drug-likeness (QED) is 0.261. The summed E-state index contributed by atoms with van der Waals surface area (Å²) in [5.74, 6) is 4.98. The van der Waals surface area contributed by atoms with Crippen LogP contribution in [0.1, 0.15) is 71.1 Å². The van der Waals surface area contributed by atoms with E-state index >= 15 is 0 Å². The molecule has 0 N–H and O–H groups in total. The molecule has 0 spiro atoms. The van der Waals surface area contributed by atoms with Crippen molar-refractivity contribution in [3.8, 4) is 0 Å². The van der Waals surface area contributed by atoms with E-state index < -0.39 is 6.04 Å². The van der Waals surface area contributed by atoms with Crippen molar-refractivity contribution in [1.82, 2.24) is 4.90 Å². The number of unbranched alkanes of at least 4 members (excludes halogenated alkanes) is 6. The highest BCUT2D eigenvalue weighted by Crippen LogP contribution is 2.45. The fourth-order valence-corrected chi connectivity index (χ4v) is 11.8. The topological polar surface area (TPSA) is 20.3 Å². The first-order valence-electron chi connectivity index (χ1n) is 12.7. The number of hydrogen-bond donors (Lipinski definition) is 0. The summed E-state index contributed by atoms with van der Waals surface area (Å²) in [5.41, 5.74) is 0. The van der Waals surface area contributed by atoms with Crippen LogP contribution in [0.25, 0.3) is 0 Å². The highest BCUT2D eigenvalue weighted by molar-refractivity contribution is 8.19. The Bertz CT molecular complexity index is 650. The van der Waals surface area contributed by atoms with Crippen molar-refractivity contribution in [1.29, 1.82) is 0 Å². The van der Waals surface area contributed by atoms with Crippen LogP contribution in [0.3, 0.4) is 0 Å². The van der Waals surface area contributed by atoms with E-state index in [-0.39, 0.29) is 0 Å². The second-order valence-corrected chi connectivity index (χ2v) is 16.6. The zero-order valence-electron chi connectivity index (χ0n) is 20.1. The number of hydrogen-bond acceptors (Lipinski definition) is 4. The average molecular weight is 514 g/mol. The van der Waals surface area contributed by atoms with Crippen molar-refractivity contribution in [2.24, 2.45) is 0 Å². The van der Waals surface area contributed by atoms with Gasteiger partial charge in [-0.3, -0.25) is 4.79 Å². The van der Waals surface area contributed by atoms with Crippen LogP contribution in [0.5, 0.6) is 0 Å². The van der Waals surface area contributed by atoms with Crippen molar-refractivity contribution < 1.29 is 4.79 Å². The van der Waals surface area contributed by atoms with Crippen LogP contribution < -0.4 is 5.30 Å². The van der Waals surface area contributed by atoms with Gasteiger partial charge in [-0.05, 0) is 65.9 Å². The molecule has 0 unspecified atom stereocenters. The number of rotatable bonds is 9. The molecular formula is C26H44NOPS3. The smallest absolute Gasteiger partial charge is 0.222 e. The second-order valence-electron chi connectivity index (χ2n) is 8.86. The Hall–Kier alpha value is 0.0400. The van der Waals surface area contributed by atoms with Crippen LogP contribution in [0.15, 0.2) is 30.3 Å². The first-order valence-corrected chi connectivity index (χ1v) is 18.2. The van der Waals surface area contributed by atoms with E-state index in [1.165, 1.54) is 56.2 Å². The van der Waals surface area contributed by atoms with E-state index in [2.05, 4.69) is 42.2 Å². The third kappa shape index (κ3) is 11.4. The van der Waals surface area contributed by atoms with E-state index in [1.807, 2.05) is 23.5 Å². The maximum absolute atomic E-state index is 12.8. The Morgan fingerprint density at radius 1 is 0.875 bits per heavy atom. The molecule has 6 heteroatoms. The predicted molar refractivity (Wildman–Crippen MR) is 153 cm³/mol. The largest absolute Gasteiger partial charge is 0.343 e. The van der Waals surface area contributed by atoms with Gasteiger partial charge in [-0.25, -0.2) is 0 Å². The van der Waals surface area contributed by atoms with Crippen LogP contribution in [-0.2, 0) is 16.6 Å². The van der Waals surface area contributed by atoms with Gasteiger partial charge in [-0.15, -0.1) is 0 Å². The number of thioether (sulfide) groups is 2. The summed E-state index contributed by atoms with van der Waals surface area (Å²) >= 11 is 10.3. The first-order chi connectivity index (χ1) is 15.7. The maximum atomic E-state index is 12.8. The number of benzene rings is 1. The Morgan fingerprint density at radius 2 is 1.44 bits per heavy atom. The minimum Gasteiger partial charge on any atom is -0.343 e. The zero-order valence-corrected chi connectivity index (χ0v) is 23.5. The minimum absolute atomic E-state index is 0.389. The molecule has 1 fully saturated rings. The molecule has 0 atom stereocenters. The lowest BCUT2D eigenvalue weighted by atomic mass is 10.1. The molecule has 0 aliphatic carbocycles. The molecule has 0 aromatic heterocycles. The highest BCUT2D eigenvalue weighted by Gasteiger charge is 2.20. The summed E-state index contributed by atoms with van der Waals surface area (Å²) < 4.78 is 0. The van der Waals surface area contributed by atoms with Gasteiger partial charge in [0.2, 0.25) is 5.91 Å². The van der Waals surface area contributed by atoms with Crippen molar-refractivity contribution in [3.63, 3.8) is 0 Å². The average Bonchev–Trinajstić information content (AvgIpc) is 2.81. The van der Waals surface area contributed by atoms with Gasteiger partial charge in [0.1, 0.15) is 0 Å². The summed E-state index contributed by atoms with van der Waals surface area (Å²) in [6.07, 6.45) is 14.2. The first kappa shape index (κ1) is 28.3. The molecule has 1 aliphatic rings. The normalized spacial score (nSPS) is 18.7. The molecule has 1 saturated heterocycles. The SMILES string of the molecule is CCCCCCCCCC(=O)N1CCCSCCP(=S)(c2ccccc2)CCSCCC1. The summed E-state index contributed by atoms with van der Waals surface area (Å²) in [7, 11) is 0. The predicted octanol–water partition coefficient (Wildman–Crippen LogP) is 7.02. The van der Waals surface area contributed by atoms with Gasteiger partial charge in [0.15, 0.2) is 0 Å². The Kier molecular flexibility index (Phi) is 15.4. The molecule has 1 heterocycles. The molecule has 1 aromatic carbocycles. The van der Waals surface area contributed by atoms with E-state index in [4.69, 9.17) is 11.8 Å². The molecule has 2 nitrogen and oxygen atoms in total. The van der Waals surface area contributed by atoms with E-state index in [9.17, 15) is 4.79 Å². The highest BCUT2D eigenvalue weighted by atomic mass is 32.4. The Morgan fingerprint density at radius 3 is 2.03 bits per heavy atom. The third-order valence-corrected chi connectivity index (χ3v) is 13.8. The number of carbonyl (C=O) groups excluding carboxylic acids is 1. The second kappa shape index (κ2) is 17.5. The standard InChI is InChI=1S/C26H44NOPS3/c1-2-3-4-5-6-7-11-16-26(28)27-17-12-21-31-23-19-29(30,20-24-32-22-13-18-27)25-14-9-8-10-15-25/h8-10,14-15H,2-7,11-13,16-24H2,1H3. The Balaban J connectivity index is 1.75. The molecule has 0 radical (unpaired) electrons. The van der Waals surface area contributed by atoms with Crippen molar-refractivity contribution in [2.45, 2.75) is 71.1 Å². The molecule has 1 amide bonds. The molecule has 1 aliphatic heterocycles. The van der Waals surface area contributed by atoms with Crippen molar-refractivity contribution in [2.75, 3.05) is 48.4 Å². The van der Waals surface area contributed by atoms with Crippen LogP contribution in [0, 0.1) is 0 Å². The summed E-state index contributed by atoms with van der Waals surface area (Å²) in [6.45, 7) is 4.12. The van der Waals surface area contributed by atoms with Crippen LogP contribution >= 0.6 is 29.6 Å². The molecule has 0 bridgehead atoms. The van der Waals surface area contributed by atoms with E-state index in [0.29, 0.717) is 5.91 Å². The molecule has 32 heavy (non-hydrogen) atoms. The van der Waals surface area contributed by atoms with Gasteiger partial charge in [-0.1, -0.05) is 87.6 Å². The number of amides is 1. The van der Waals surface area contributed by atoms with Gasteiger partial charge in [0.05, 0.1) is 0 Å². The van der Waals surface area contributed by atoms with Gasteiger partial charge >= 0.3 is 0 Å². The van der Waals surface area contributed by atoms with Crippen molar-refractivity contribution >= 4 is 52.6 Å². The summed E-state index contributed by atoms with van der Waals surface area (Å²) in [5, 5.41) is 1.42. The fraction of sp³-hybridized carbons (Fsp3) is 0.731. The monoisotopic (exact) mass is 513 g/mol. The maximum Gasteiger partial charge on any atom is 0.222 e. The lowest BCUT2D eigenvalue weighted by Crippen LogP contribution is -2.33. The summed E-state index contributed by atoms with van der Waals surface area (Å²) in [4.78, 5) is 15.0. The van der Waals surface area contributed by atoms with E-state index in [1.54, 1.807) is 0 Å². The van der Waals surface area contributed by atoms with E-state index in [0.717, 1.165) is 61.8 Å². The van der Waals surface area contributed by atoms with Gasteiger partial charge in [0.25, 0.3) is 0 Å². The summed E-state index contributed by atoms with van der Waals surface area (Å²) in [6, 6.07) is 9.44. The lowest BCUT2D eigenvalue weighted by molar-refractivity contribution is -0.131. The van der Waals surface area contributed by atoms with Crippen molar-refractivity contribution in [3.05, 3.63) is 30.3 Å². The van der Waals surface area contributed by atoms with Crippen LogP contribution in [0.4, 0.5) is 0 Å². The van der Waals surface area contributed by atoms with Gasteiger partial charge in [0, 0.05) is 19.5 Å². The molecule has 1 aromatic rings. The Labute approximate surface area is 211 Å². The minimum atomic E-state index is -1.47. The molecular weight excluding hydrogens is 469 g/mol. The van der Waals surface area contributed by atoms with Crippen LogP contribution in [-0.4, -0.2) is 59.2 Å². The zero-order chi connectivity index (χ0) is 22.9. The van der Waals surface area contributed by atoms with Gasteiger partial charge in [-0.2, -0.15) is 23.5 Å². The lowest BCUT2D eigenvalue weighted by Gasteiger charge is -2.25. The molecule has 2 rings (SSSR count). The third-order valence-electron chi connectivity index (χ3n) is 6.20. The number of carbonyl (C=O) groups is 1. The van der Waals surface area contributed by atoms with Gasteiger partial charge < -0.3 is 4.90 Å². The molecule has 182 valence electrons. The van der Waals surface area contributed by atoms with Crippen LogP contribution in [0.2, 0.25) is 0 Å².